The van der Waals surface area contributed by atoms with E-state index < -0.39 is 17.4 Å². The first-order valence-corrected chi connectivity index (χ1v) is 14.0. The van der Waals surface area contributed by atoms with Crippen LogP contribution in [0.25, 0.3) is 0 Å². The molecule has 0 unspecified atom stereocenters. The second-order valence-corrected chi connectivity index (χ2v) is 10.8. The van der Waals surface area contributed by atoms with Gasteiger partial charge in [0, 0.05) is 37.4 Å². The van der Waals surface area contributed by atoms with Crippen LogP contribution < -0.4 is 20.4 Å². The third kappa shape index (κ3) is 5.45. The van der Waals surface area contributed by atoms with Gasteiger partial charge in [-0.1, -0.05) is 30.3 Å². The van der Waals surface area contributed by atoms with Gasteiger partial charge in [-0.05, 0) is 79.4 Å². The zero-order chi connectivity index (χ0) is 29.3. The third-order valence-corrected chi connectivity index (χ3v) is 8.09. The Morgan fingerprint density at radius 3 is 2.19 bits per heavy atom. The van der Waals surface area contributed by atoms with Crippen molar-refractivity contribution in [1.82, 2.24) is 5.32 Å². The Morgan fingerprint density at radius 1 is 0.786 bits per heavy atom. The zero-order valence-corrected chi connectivity index (χ0v) is 23.3. The van der Waals surface area contributed by atoms with Gasteiger partial charge in [0.2, 0.25) is 0 Å². The molecule has 0 bridgehead atoms. The number of aryl methyl sites for hydroxylation is 1. The number of furan rings is 1. The van der Waals surface area contributed by atoms with Gasteiger partial charge < -0.3 is 30.0 Å². The largest absolute Gasteiger partial charge is 0.478 e. The van der Waals surface area contributed by atoms with Crippen LogP contribution in [0.4, 0.5) is 17.1 Å². The first-order valence-electron chi connectivity index (χ1n) is 14.0. The van der Waals surface area contributed by atoms with Crippen LogP contribution in [0.15, 0.2) is 89.5 Å². The number of benzene rings is 3. The molecule has 2 aliphatic rings. The van der Waals surface area contributed by atoms with E-state index in [0.29, 0.717) is 24.1 Å². The van der Waals surface area contributed by atoms with E-state index >= 15 is 0 Å². The van der Waals surface area contributed by atoms with Gasteiger partial charge in [0.25, 0.3) is 11.8 Å². The van der Waals surface area contributed by atoms with Crippen molar-refractivity contribution in [1.29, 1.82) is 0 Å². The number of carbonyl (C=O) groups excluding carboxylic acids is 2. The number of hydrogen-bond donors (Lipinski definition) is 3. The van der Waals surface area contributed by atoms with Crippen LogP contribution in [-0.4, -0.2) is 49.1 Å². The fourth-order valence-electron chi connectivity index (χ4n) is 5.60. The lowest BCUT2D eigenvalue weighted by Crippen LogP contribution is -2.47. The summed E-state index contributed by atoms with van der Waals surface area (Å²) in [5.74, 6) is -1.53. The number of nitrogens with zero attached hydrogens (tertiary/aromatic N) is 2. The molecule has 1 aromatic heterocycles. The summed E-state index contributed by atoms with van der Waals surface area (Å²) in [4.78, 5) is 42.6. The molecule has 42 heavy (non-hydrogen) atoms. The standard InChI is InChI=1S/C33H32N4O5/c1-22-6-2-3-9-27(22)36-15-17-37(18-16-36)28-12-11-23(21-26(28)34-31(39)29-10-5-19-42-29)30(38)35-33(13-14-33)25-8-4-7-24(20-25)32(40)41/h2-12,19-21H,13-18H2,1H3,(H,34,39)(H,35,38)(H,40,41). The first kappa shape index (κ1) is 27.1. The van der Waals surface area contributed by atoms with Crippen LogP contribution >= 0.6 is 0 Å². The maximum Gasteiger partial charge on any atom is 0.335 e. The lowest BCUT2D eigenvalue weighted by atomic mass is 10.0. The molecule has 214 valence electrons. The molecule has 0 atom stereocenters. The van der Waals surface area contributed by atoms with Gasteiger partial charge in [0.1, 0.15) is 0 Å². The van der Waals surface area contributed by atoms with Gasteiger partial charge in [-0.25, -0.2) is 4.79 Å². The first-order chi connectivity index (χ1) is 20.3. The number of nitrogens with one attached hydrogen (secondary N) is 2. The van der Waals surface area contributed by atoms with Gasteiger partial charge in [-0.2, -0.15) is 0 Å². The topological polar surface area (TPSA) is 115 Å². The number of piperazine rings is 1. The van der Waals surface area contributed by atoms with Crippen molar-refractivity contribution in [3.8, 4) is 0 Å². The molecule has 9 nitrogen and oxygen atoms in total. The molecule has 3 aromatic carbocycles. The van der Waals surface area contributed by atoms with Crippen LogP contribution in [0.1, 0.15) is 55.2 Å². The number of rotatable bonds is 8. The molecule has 0 radical (unpaired) electrons. The Kier molecular flexibility index (Phi) is 7.16. The smallest absolute Gasteiger partial charge is 0.335 e. The molecular weight excluding hydrogens is 532 g/mol. The van der Waals surface area contributed by atoms with Crippen molar-refractivity contribution in [2.24, 2.45) is 0 Å². The van der Waals surface area contributed by atoms with Crippen LogP contribution in [0, 0.1) is 6.92 Å². The molecule has 0 spiro atoms. The summed E-state index contributed by atoms with van der Waals surface area (Å²) < 4.78 is 5.30. The Balaban J connectivity index is 1.24. The lowest BCUT2D eigenvalue weighted by molar-refractivity contribution is 0.0696. The predicted octanol–water partition coefficient (Wildman–Crippen LogP) is 5.28. The molecule has 1 aliphatic carbocycles. The zero-order valence-electron chi connectivity index (χ0n) is 23.3. The molecule has 2 fully saturated rings. The van der Waals surface area contributed by atoms with E-state index in [0.717, 1.165) is 37.4 Å². The minimum absolute atomic E-state index is 0.176. The molecule has 1 saturated carbocycles. The molecule has 6 rings (SSSR count). The van der Waals surface area contributed by atoms with Crippen molar-refractivity contribution in [2.45, 2.75) is 25.3 Å². The molecule has 3 N–H and O–H groups in total. The molecule has 2 heterocycles. The summed E-state index contributed by atoms with van der Waals surface area (Å²) in [6.45, 7) is 5.23. The number of amides is 2. The highest BCUT2D eigenvalue weighted by Crippen LogP contribution is 2.46. The monoisotopic (exact) mass is 564 g/mol. The molecule has 9 heteroatoms. The van der Waals surface area contributed by atoms with Crippen molar-refractivity contribution in [3.05, 3.63) is 113 Å². The lowest BCUT2D eigenvalue weighted by Gasteiger charge is -2.38. The minimum atomic E-state index is -1.01. The number of anilines is 3. The highest BCUT2D eigenvalue weighted by atomic mass is 16.4. The average molecular weight is 565 g/mol. The highest BCUT2D eigenvalue weighted by molar-refractivity contribution is 6.06. The van der Waals surface area contributed by atoms with Gasteiger partial charge >= 0.3 is 5.97 Å². The van der Waals surface area contributed by atoms with Gasteiger partial charge in [-0.15, -0.1) is 0 Å². The average Bonchev–Trinajstić information content (AvgIpc) is 3.57. The van der Waals surface area contributed by atoms with Gasteiger partial charge in [0.05, 0.1) is 28.7 Å². The van der Waals surface area contributed by atoms with Gasteiger partial charge in [-0.3, -0.25) is 9.59 Å². The van der Waals surface area contributed by atoms with Gasteiger partial charge in [0.15, 0.2) is 5.76 Å². The van der Waals surface area contributed by atoms with Crippen LogP contribution in [0.3, 0.4) is 0 Å². The molecule has 2 amide bonds. The summed E-state index contributed by atoms with van der Waals surface area (Å²) in [6, 6.07) is 23.6. The van der Waals surface area contributed by atoms with E-state index in [-0.39, 0.29) is 17.2 Å². The van der Waals surface area contributed by atoms with E-state index in [1.165, 1.54) is 23.6 Å². The van der Waals surface area contributed by atoms with Crippen molar-refractivity contribution in [3.63, 3.8) is 0 Å². The van der Waals surface area contributed by atoms with E-state index in [1.54, 1.807) is 36.4 Å². The highest BCUT2D eigenvalue weighted by Gasteiger charge is 2.46. The number of hydrogen-bond acceptors (Lipinski definition) is 6. The summed E-state index contributed by atoms with van der Waals surface area (Å²) >= 11 is 0. The molecule has 4 aromatic rings. The van der Waals surface area contributed by atoms with Crippen molar-refractivity contribution in [2.75, 3.05) is 41.3 Å². The maximum absolute atomic E-state index is 13.5. The van der Waals surface area contributed by atoms with E-state index in [9.17, 15) is 19.5 Å². The number of para-hydroxylation sites is 1. The molecule has 1 saturated heterocycles. The predicted molar refractivity (Wildman–Crippen MR) is 160 cm³/mol. The molecular formula is C33H32N4O5. The minimum Gasteiger partial charge on any atom is -0.478 e. The quantitative estimate of drug-likeness (QED) is 0.267. The normalized spacial score (nSPS) is 15.6. The Hall–Kier alpha value is -5.05. The number of carboxylic acids is 1. The van der Waals surface area contributed by atoms with E-state index in [1.807, 2.05) is 18.2 Å². The van der Waals surface area contributed by atoms with Crippen LogP contribution in [-0.2, 0) is 5.54 Å². The maximum atomic E-state index is 13.5. The summed E-state index contributed by atoms with van der Waals surface area (Å²) in [6.07, 6.45) is 2.87. The van der Waals surface area contributed by atoms with Crippen molar-refractivity contribution < 1.29 is 23.9 Å². The summed E-state index contributed by atoms with van der Waals surface area (Å²) in [5, 5.41) is 15.5. The fraction of sp³-hybridized carbons (Fsp3) is 0.242. The summed E-state index contributed by atoms with van der Waals surface area (Å²) in [5.41, 5.74) is 4.54. The fourth-order valence-corrected chi connectivity index (χ4v) is 5.60. The number of carboxylic acid groups (broad SMARTS) is 1. The second-order valence-electron chi connectivity index (χ2n) is 10.8. The number of carbonyl (C=O) groups is 3. The number of aromatic carboxylic acids is 1. The third-order valence-electron chi connectivity index (χ3n) is 8.09. The Bertz CT molecular complexity index is 1640. The van der Waals surface area contributed by atoms with Crippen molar-refractivity contribution >= 4 is 34.8 Å². The SMILES string of the molecule is Cc1ccccc1N1CCN(c2ccc(C(=O)NC3(c4cccc(C(=O)O)c4)CC3)cc2NC(=O)c2ccco2)CC1. The Morgan fingerprint density at radius 2 is 1.52 bits per heavy atom. The second kappa shape index (κ2) is 11.1. The summed E-state index contributed by atoms with van der Waals surface area (Å²) in [7, 11) is 0. The Labute approximate surface area is 243 Å². The van der Waals surface area contributed by atoms with Crippen LogP contribution in [0.2, 0.25) is 0 Å². The van der Waals surface area contributed by atoms with Crippen LogP contribution in [0.5, 0.6) is 0 Å². The molecule has 1 aliphatic heterocycles. The van der Waals surface area contributed by atoms with E-state index in [2.05, 4.69) is 45.6 Å². The van der Waals surface area contributed by atoms with E-state index in [4.69, 9.17) is 4.42 Å².